The van der Waals surface area contributed by atoms with E-state index in [0.29, 0.717) is 38.5 Å². The first-order chi connectivity index (χ1) is 14.5. The molecular weight excluding hydrogens is 533 g/mol. The normalized spacial score (nSPS) is 15.4. The van der Waals surface area contributed by atoms with Crippen LogP contribution in [-0.4, -0.2) is 75.1 Å². The zero-order valence-corrected chi connectivity index (χ0v) is 21.0. The molecule has 1 aliphatic heterocycles. The lowest BCUT2D eigenvalue weighted by molar-refractivity contribution is 0.258. The molecule has 3 rings (SSSR count). The van der Waals surface area contributed by atoms with Crippen LogP contribution in [0.5, 0.6) is 5.75 Å². The van der Waals surface area contributed by atoms with E-state index in [-0.39, 0.29) is 29.7 Å². The maximum atomic E-state index is 12.5. The van der Waals surface area contributed by atoms with Crippen LogP contribution in [0.4, 0.5) is 0 Å². The van der Waals surface area contributed by atoms with Crippen LogP contribution in [0.15, 0.2) is 46.1 Å². The standard InChI is InChI=1S/C20H29N5O4S.HI/c1-17-4-6-19(7-5-17)28-14-3-9-22-20(21-2)24-10-12-25(13-11-24)30(26,27)16-18-8-15-29-23-18;/h4-8,15H,3,9-14,16H2,1-2H3,(H,21,22);1H. The van der Waals surface area contributed by atoms with Crippen LogP contribution in [0.2, 0.25) is 0 Å². The van der Waals surface area contributed by atoms with Crippen LogP contribution in [0, 0.1) is 6.92 Å². The molecule has 0 amide bonds. The summed E-state index contributed by atoms with van der Waals surface area (Å²) in [6.45, 7) is 5.37. The van der Waals surface area contributed by atoms with E-state index >= 15 is 0 Å². The molecule has 2 heterocycles. The number of piperazine rings is 1. The highest BCUT2D eigenvalue weighted by Gasteiger charge is 2.28. The number of benzene rings is 1. The van der Waals surface area contributed by atoms with Gasteiger partial charge in [-0.3, -0.25) is 4.99 Å². The van der Waals surface area contributed by atoms with Gasteiger partial charge in [-0.05, 0) is 25.5 Å². The van der Waals surface area contributed by atoms with Crippen molar-refractivity contribution in [3.63, 3.8) is 0 Å². The third-order valence-electron chi connectivity index (χ3n) is 4.86. The van der Waals surface area contributed by atoms with Gasteiger partial charge in [-0.15, -0.1) is 24.0 Å². The third kappa shape index (κ3) is 7.65. The molecular formula is C20H30IN5O4S. The molecule has 0 bridgehead atoms. The van der Waals surface area contributed by atoms with Crippen LogP contribution < -0.4 is 10.1 Å². The fraction of sp³-hybridized carbons (Fsp3) is 0.500. The third-order valence-corrected chi connectivity index (χ3v) is 6.67. The van der Waals surface area contributed by atoms with Crippen molar-refractivity contribution in [3.8, 4) is 5.75 Å². The van der Waals surface area contributed by atoms with Gasteiger partial charge < -0.3 is 19.5 Å². The largest absolute Gasteiger partial charge is 0.494 e. The molecule has 1 N–H and O–H groups in total. The molecule has 0 unspecified atom stereocenters. The number of aliphatic imine (C=N–C) groups is 1. The van der Waals surface area contributed by atoms with Crippen molar-refractivity contribution in [2.24, 2.45) is 4.99 Å². The minimum Gasteiger partial charge on any atom is -0.494 e. The lowest BCUT2D eigenvalue weighted by Crippen LogP contribution is -2.54. The Morgan fingerprint density at radius 3 is 2.52 bits per heavy atom. The second kappa shape index (κ2) is 12.2. The molecule has 11 heteroatoms. The molecule has 9 nitrogen and oxygen atoms in total. The Balaban J connectivity index is 0.00000341. The summed E-state index contributed by atoms with van der Waals surface area (Å²) in [5.41, 5.74) is 1.63. The molecule has 1 aliphatic rings. The Morgan fingerprint density at radius 1 is 1.19 bits per heavy atom. The lowest BCUT2D eigenvalue weighted by Gasteiger charge is -2.35. The number of guanidine groups is 1. The van der Waals surface area contributed by atoms with Crippen molar-refractivity contribution < 1.29 is 17.7 Å². The molecule has 1 fully saturated rings. The molecule has 0 saturated carbocycles. The van der Waals surface area contributed by atoms with Crippen LogP contribution in [0.1, 0.15) is 17.7 Å². The van der Waals surface area contributed by atoms with E-state index in [1.165, 1.54) is 16.1 Å². The quantitative estimate of drug-likeness (QED) is 0.227. The smallest absolute Gasteiger partial charge is 0.220 e. The number of hydrogen-bond acceptors (Lipinski definition) is 6. The van der Waals surface area contributed by atoms with Crippen molar-refractivity contribution in [2.75, 3.05) is 46.4 Å². The maximum Gasteiger partial charge on any atom is 0.220 e. The van der Waals surface area contributed by atoms with Gasteiger partial charge in [-0.1, -0.05) is 22.9 Å². The lowest BCUT2D eigenvalue weighted by atomic mass is 10.2. The SMILES string of the molecule is CN=C(NCCCOc1ccc(C)cc1)N1CCN(S(=O)(=O)Cc2ccon2)CC1.I. The molecule has 0 atom stereocenters. The summed E-state index contributed by atoms with van der Waals surface area (Å²) in [4.78, 5) is 6.40. The van der Waals surface area contributed by atoms with Crippen molar-refractivity contribution >= 4 is 40.0 Å². The average Bonchev–Trinajstić information content (AvgIpc) is 3.24. The predicted octanol–water partition coefficient (Wildman–Crippen LogP) is 2.09. The predicted molar refractivity (Wildman–Crippen MR) is 130 cm³/mol. The number of nitrogens with one attached hydrogen (secondary N) is 1. The number of rotatable bonds is 8. The van der Waals surface area contributed by atoms with Crippen molar-refractivity contribution in [1.82, 2.24) is 19.7 Å². The summed E-state index contributed by atoms with van der Waals surface area (Å²) in [7, 11) is -1.67. The summed E-state index contributed by atoms with van der Waals surface area (Å²) < 4.78 is 37.0. The van der Waals surface area contributed by atoms with E-state index in [9.17, 15) is 8.42 Å². The first-order valence-electron chi connectivity index (χ1n) is 10.00. The topological polar surface area (TPSA) is 100 Å². The van der Waals surface area contributed by atoms with Gasteiger partial charge in [0.15, 0.2) is 5.96 Å². The molecule has 1 saturated heterocycles. The fourth-order valence-corrected chi connectivity index (χ4v) is 4.62. The molecule has 0 radical (unpaired) electrons. The zero-order chi connectivity index (χ0) is 21.4. The number of aromatic nitrogens is 1. The second-order valence-corrected chi connectivity index (χ2v) is 9.09. The molecule has 0 spiro atoms. The minimum absolute atomic E-state index is 0. The van der Waals surface area contributed by atoms with Gasteiger partial charge in [-0.25, -0.2) is 8.42 Å². The molecule has 31 heavy (non-hydrogen) atoms. The monoisotopic (exact) mass is 563 g/mol. The summed E-state index contributed by atoms with van der Waals surface area (Å²) >= 11 is 0. The highest BCUT2D eigenvalue weighted by atomic mass is 127. The first-order valence-corrected chi connectivity index (χ1v) is 11.6. The van der Waals surface area contributed by atoms with Crippen LogP contribution in [0.25, 0.3) is 0 Å². The Labute approximate surface area is 200 Å². The Bertz CT molecular complexity index is 912. The van der Waals surface area contributed by atoms with Crippen molar-refractivity contribution in [1.29, 1.82) is 0 Å². The van der Waals surface area contributed by atoms with Gasteiger partial charge in [-0.2, -0.15) is 4.31 Å². The molecule has 1 aromatic heterocycles. The van der Waals surface area contributed by atoms with Gasteiger partial charge in [0.1, 0.15) is 17.8 Å². The Kier molecular flexibility index (Phi) is 10.0. The highest BCUT2D eigenvalue weighted by Crippen LogP contribution is 2.13. The van der Waals surface area contributed by atoms with Gasteiger partial charge >= 0.3 is 0 Å². The minimum atomic E-state index is -3.41. The Hall–Kier alpha value is -1.86. The van der Waals surface area contributed by atoms with Crippen LogP contribution in [-0.2, 0) is 15.8 Å². The summed E-state index contributed by atoms with van der Waals surface area (Å²) in [6.07, 6.45) is 2.21. The van der Waals surface area contributed by atoms with Gasteiger partial charge in [0, 0.05) is 45.8 Å². The number of aryl methyl sites for hydroxylation is 1. The number of ether oxygens (including phenoxy) is 1. The van der Waals surface area contributed by atoms with Crippen LogP contribution >= 0.6 is 24.0 Å². The second-order valence-electron chi connectivity index (χ2n) is 7.12. The number of nitrogens with zero attached hydrogens (tertiary/aromatic N) is 4. The van der Waals surface area contributed by atoms with E-state index in [1.807, 2.05) is 31.2 Å². The number of hydrogen-bond donors (Lipinski definition) is 1. The average molecular weight is 563 g/mol. The molecule has 2 aromatic rings. The fourth-order valence-electron chi connectivity index (χ4n) is 3.20. The summed E-state index contributed by atoms with van der Waals surface area (Å²) in [6, 6.07) is 9.57. The molecule has 0 aliphatic carbocycles. The number of sulfonamides is 1. The maximum absolute atomic E-state index is 12.5. The molecule has 172 valence electrons. The molecule has 1 aromatic carbocycles. The van der Waals surface area contributed by atoms with Gasteiger partial charge in [0.05, 0.1) is 12.3 Å². The Morgan fingerprint density at radius 2 is 1.90 bits per heavy atom. The van der Waals surface area contributed by atoms with E-state index in [4.69, 9.17) is 9.26 Å². The van der Waals surface area contributed by atoms with Gasteiger partial charge in [0.2, 0.25) is 10.0 Å². The zero-order valence-electron chi connectivity index (χ0n) is 17.9. The summed E-state index contributed by atoms with van der Waals surface area (Å²) in [5.74, 6) is 1.50. The van der Waals surface area contributed by atoms with Crippen molar-refractivity contribution in [2.45, 2.75) is 19.1 Å². The van der Waals surface area contributed by atoms with E-state index < -0.39 is 10.0 Å². The van der Waals surface area contributed by atoms with E-state index in [2.05, 4.69) is 20.4 Å². The summed E-state index contributed by atoms with van der Waals surface area (Å²) in [5, 5.41) is 7.02. The van der Waals surface area contributed by atoms with E-state index in [0.717, 1.165) is 24.7 Å². The number of halogens is 1. The van der Waals surface area contributed by atoms with Crippen LogP contribution in [0.3, 0.4) is 0 Å². The van der Waals surface area contributed by atoms with Gasteiger partial charge in [0.25, 0.3) is 0 Å². The van der Waals surface area contributed by atoms with Crippen molar-refractivity contribution in [3.05, 3.63) is 47.9 Å². The van der Waals surface area contributed by atoms with E-state index in [1.54, 1.807) is 13.1 Å². The first kappa shape index (κ1) is 25.4. The highest BCUT2D eigenvalue weighted by molar-refractivity contribution is 14.0.